The molecule has 0 saturated carbocycles. The molecule has 0 radical (unpaired) electrons. The van der Waals surface area contributed by atoms with Crippen molar-refractivity contribution in [2.45, 2.75) is 39.8 Å². The second-order valence-corrected chi connectivity index (χ2v) is 7.54. The topological polar surface area (TPSA) is 79.0 Å². The lowest BCUT2D eigenvalue weighted by Crippen LogP contribution is -2.58. The Kier molecular flexibility index (Phi) is 7.07. The van der Waals surface area contributed by atoms with Gasteiger partial charge in [0.1, 0.15) is 12.6 Å². The lowest BCUT2D eigenvalue weighted by molar-refractivity contribution is -0.139. The summed E-state index contributed by atoms with van der Waals surface area (Å²) in [4.78, 5) is 40.4. The van der Waals surface area contributed by atoms with Crippen molar-refractivity contribution in [2.24, 2.45) is 5.92 Å². The van der Waals surface area contributed by atoms with E-state index in [0.717, 1.165) is 5.69 Å². The van der Waals surface area contributed by atoms with E-state index >= 15 is 0 Å². The summed E-state index contributed by atoms with van der Waals surface area (Å²) in [5.41, 5.74) is 0.746. The van der Waals surface area contributed by atoms with Gasteiger partial charge in [0.15, 0.2) is 0 Å². The molecule has 0 unspecified atom stereocenters. The zero-order valence-corrected chi connectivity index (χ0v) is 16.8. The van der Waals surface area contributed by atoms with Gasteiger partial charge in [-0.15, -0.1) is 0 Å². The van der Waals surface area contributed by atoms with Gasteiger partial charge < -0.3 is 19.9 Å². The lowest BCUT2D eigenvalue weighted by Gasteiger charge is -2.36. The highest BCUT2D eigenvalue weighted by Crippen LogP contribution is 2.21. The molecule has 1 heterocycles. The fourth-order valence-electron chi connectivity index (χ4n) is 2.84. The second-order valence-electron chi connectivity index (χ2n) is 7.10. The molecule has 1 aromatic rings. The van der Waals surface area contributed by atoms with Gasteiger partial charge in [0, 0.05) is 23.8 Å². The van der Waals surface area contributed by atoms with E-state index in [1.54, 1.807) is 43.0 Å². The standard InChI is InChI=1S/C19H26ClN3O4/c1-12(2)17(21-19(26)27-13(3)4)18(25)22-9-10-23(16(24)11-22)15-7-5-14(20)6-8-15/h5-8,12-13,17H,9-11H2,1-4H3,(H,21,26)/t17-/m0/s1. The van der Waals surface area contributed by atoms with Crippen LogP contribution >= 0.6 is 11.6 Å². The van der Waals surface area contributed by atoms with Crippen LogP contribution in [0.1, 0.15) is 27.7 Å². The molecule has 1 aliphatic rings. The van der Waals surface area contributed by atoms with E-state index in [-0.39, 0.29) is 30.4 Å². The molecule has 7 nitrogen and oxygen atoms in total. The van der Waals surface area contributed by atoms with Crippen LogP contribution in [-0.2, 0) is 14.3 Å². The Morgan fingerprint density at radius 3 is 2.26 bits per heavy atom. The van der Waals surface area contributed by atoms with E-state index in [1.165, 1.54) is 4.90 Å². The van der Waals surface area contributed by atoms with E-state index in [0.29, 0.717) is 18.1 Å². The van der Waals surface area contributed by atoms with E-state index in [1.807, 2.05) is 13.8 Å². The van der Waals surface area contributed by atoms with Gasteiger partial charge in [0.05, 0.1) is 6.10 Å². The molecule has 27 heavy (non-hydrogen) atoms. The van der Waals surface area contributed by atoms with Crippen molar-refractivity contribution in [3.63, 3.8) is 0 Å². The monoisotopic (exact) mass is 395 g/mol. The number of hydrogen-bond acceptors (Lipinski definition) is 4. The molecule has 1 N–H and O–H groups in total. The zero-order chi connectivity index (χ0) is 20.1. The third-order valence-electron chi connectivity index (χ3n) is 4.22. The van der Waals surface area contributed by atoms with Crippen LogP contribution in [0.5, 0.6) is 0 Å². The fraction of sp³-hybridized carbons (Fsp3) is 0.526. The number of piperazine rings is 1. The van der Waals surface area contributed by atoms with Gasteiger partial charge in [-0.25, -0.2) is 4.79 Å². The van der Waals surface area contributed by atoms with Crippen molar-refractivity contribution in [2.75, 3.05) is 24.5 Å². The highest BCUT2D eigenvalue weighted by Gasteiger charge is 2.34. The number of carbonyl (C=O) groups is 3. The third kappa shape index (κ3) is 5.60. The Hall–Kier alpha value is -2.28. The SMILES string of the molecule is CC(C)OC(=O)N[C@H](C(=O)N1CCN(c2ccc(Cl)cc2)C(=O)C1)C(C)C. The van der Waals surface area contributed by atoms with Crippen LogP contribution in [0.15, 0.2) is 24.3 Å². The number of nitrogens with zero attached hydrogens (tertiary/aromatic N) is 2. The van der Waals surface area contributed by atoms with Gasteiger partial charge in [0.2, 0.25) is 11.8 Å². The highest BCUT2D eigenvalue weighted by molar-refractivity contribution is 6.30. The summed E-state index contributed by atoms with van der Waals surface area (Å²) < 4.78 is 5.07. The normalized spacial score (nSPS) is 15.9. The number of ether oxygens (including phenoxy) is 1. The van der Waals surface area contributed by atoms with Gasteiger partial charge in [-0.05, 0) is 44.0 Å². The highest BCUT2D eigenvalue weighted by atomic mass is 35.5. The summed E-state index contributed by atoms with van der Waals surface area (Å²) in [5.74, 6) is -0.597. The summed E-state index contributed by atoms with van der Waals surface area (Å²) in [7, 11) is 0. The quantitative estimate of drug-likeness (QED) is 0.831. The molecule has 148 valence electrons. The number of rotatable bonds is 5. The molecule has 1 atom stereocenters. The van der Waals surface area contributed by atoms with Crippen LogP contribution in [0.2, 0.25) is 5.02 Å². The van der Waals surface area contributed by atoms with Crippen LogP contribution in [-0.4, -0.2) is 54.6 Å². The minimum atomic E-state index is -0.744. The number of anilines is 1. The van der Waals surface area contributed by atoms with Gasteiger partial charge in [-0.3, -0.25) is 9.59 Å². The first-order valence-corrected chi connectivity index (χ1v) is 9.38. The Bertz CT molecular complexity index is 691. The zero-order valence-electron chi connectivity index (χ0n) is 16.1. The largest absolute Gasteiger partial charge is 0.447 e. The van der Waals surface area contributed by atoms with Crippen LogP contribution in [0.3, 0.4) is 0 Å². The molecule has 1 aromatic carbocycles. The number of halogens is 1. The minimum absolute atomic E-state index is 0.0361. The Labute approximate surface area is 164 Å². The molecule has 8 heteroatoms. The Morgan fingerprint density at radius 2 is 1.74 bits per heavy atom. The summed E-state index contributed by atoms with van der Waals surface area (Å²) >= 11 is 5.89. The molecule has 0 bridgehead atoms. The molecular weight excluding hydrogens is 370 g/mol. The second kappa shape index (κ2) is 9.08. The molecule has 0 spiro atoms. The van der Waals surface area contributed by atoms with Gasteiger partial charge in [0.25, 0.3) is 0 Å². The number of alkyl carbamates (subject to hydrolysis) is 1. The number of nitrogens with one attached hydrogen (secondary N) is 1. The molecule has 1 aliphatic heterocycles. The summed E-state index contributed by atoms with van der Waals surface area (Å²) in [6.07, 6.45) is -0.916. The van der Waals surface area contributed by atoms with Crippen LogP contribution in [0.4, 0.5) is 10.5 Å². The van der Waals surface area contributed by atoms with Gasteiger partial charge >= 0.3 is 6.09 Å². The van der Waals surface area contributed by atoms with Crippen LogP contribution < -0.4 is 10.2 Å². The summed E-state index contributed by atoms with van der Waals surface area (Å²) in [6.45, 7) is 7.88. The van der Waals surface area contributed by atoms with Crippen molar-refractivity contribution >= 4 is 35.2 Å². The first-order chi connectivity index (χ1) is 12.7. The first-order valence-electron chi connectivity index (χ1n) is 9.01. The van der Waals surface area contributed by atoms with Crippen molar-refractivity contribution in [3.05, 3.63) is 29.3 Å². The third-order valence-corrected chi connectivity index (χ3v) is 4.47. The molecule has 3 amide bonds. The predicted octanol–water partition coefficient (Wildman–Crippen LogP) is 2.67. The summed E-state index contributed by atoms with van der Waals surface area (Å²) in [5, 5.41) is 3.21. The van der Waals surface area contributed by atoms with E-state index in [4.69, 9.17) is 16.3 Å². The Morgan fingerprint density at radius 1 is 1.11 bits per heavy atom. The van der Waals surface area contributed by atoms with Crippen molar-refractivity contribution < 1.29 is 19.1 Å². The van der Waals surface area contributed by atoms with E-state index in [9.17, 15) is 14.4 Å². The molecular formula is C19H26ClN3O4. The fourth-order valence-corrected chi connectivity index (χ4v) is 2.97. The van der Waals surface area contributed by atoms with E-state index < -0.39 is 12.1 Å². The molecule has 2 rings (SSSR count). The molecule has 1 fully saturated rings. The maximum atomic E-state index is 12.9. The summed E-state index contributed by atoms with van der Waals surface area (Å²) in [6, 6.07) is 6.25. The number of amides is 3. The van der Waals surface area contributed by atoms with Crippen molar-refractivity contribution in [1.29, 1.82) is 0 Å². The van der Waals surface area contributed by atoms with Crippen molar-refractivity contribution in [3.8, 4) is 0 Å². The number of benzene rings is 1. The smallest absolute Gasteiger partial charge is 0.408 e. The molecule has 0 aromatic heterocycles. The van der Waals surface area contributed by atoms with Gasteiger partial charge in [-0.2, -0.15) is 0 Å². The first kappa shape index (κ1) is 21.0. The maximum absolute atomic E-state index is 12.9. The van der Waals surface area contributed by atoms with Crippen LogP contribution in [0, 0.1) is 5.92 Å². The number of hydrogen-bond donors (Lipinski definition) is 1. The average molecular weight is 396 g/mol. The Balaban J connectivity index is 2.03. The molecule has 0 aliphatic carbocycles. The predicted molar refractivity (Wildman–Crippen MR) is 104 cm³/mol. The number of carbonyl (C=O) groups excluding carboxylic acids is 3. The van der Waals surface area contributed by atoms with E-state index in [2.05, 4.69) is 5.32 Å². The lowest BCUT2D eigenvalue weighted by atomic mass is 10.0. The average Bonchev–Trinajstić information content (AvgIpc) is 2.59. The minimum Gasteiger partial charge on any atom is -0.447 e. The van der Waals surface area contributed by atoms with Crippen molar-refractivity contribution in [1.82, 2.24) is 10.2 Å². The van der Waals surface area contributed by atoms with Gasteiger partial charge in [-0.1, -0.05) is 25.4 Å². The maximum Gasteiger partial charge on any atom is 0.408 e. The molecule has 1 saturated heterocycles. The van der Waals surface area contributed by atoms with Crippen LogP contribution in [0.25, 0.3) is 0 Å².